The first-order chi connectivity index (χ1) is 13.7. The maximum Gasteiger partial charge on any atom is 0.220 e. The molecular weight excluding hydrogens is 350 g/mol. The Bertz CT molecular complexity index is 817. The molecule has 1 amide bonds. The maximum absolute atomic E-state index is 11.6. The molecule has 0 atom stereocenters. The van der Waals surface area contributed by atoms with Crippen molar-refractivity contribution in [3.63, 3.8) is 0 Å². The number of para-hydroxylation sites is 1. The number of aliphatic imine (C=N–C) groups is 1. The summed E-state index contributed by atoms with van der Waals surface area (Å²) in [6.07, 6.45) is 6.85. The van der Waals surface area contributed by atoms with E-state index in [4.69, 9.17) is 0 Å². The average molecular weight is 384 g/mol. The summed E-state index contributed by atoms with van der Waals surface area (Å²) in [6.45, 7) is 4.95. The van der Waals surface area contributed by atoms with E-state index in [1.54, 1.807) is 7.05 Å². The SMILES string of the molecule is CCc1cccc2c(CCNC(=NC)N3CCC(CC(=O)NC)CC3)c[nH]c12. The number of fused-ring (bicyclic) bond motifs is 1. The van der Waals surface area contributed by atoms with Crippen molar-refractivity contribution >= 4 is 22.8 Å². The van der Waals surface area contributed by atoms with Gasteiger partial charge in [-0.05, 0) is 42.7 Å². The quantitative estimate of drug-likeness (QED) is 0.530. The first-order valence-electron chi connectivity index (χ1n) is 10.4. The Labute approximate surface area is 167 Å². The maximum atomic E-state index is 11.6. The summed E-state index contributed by atoms with van der Waals surface area (Å²) in [5.74, 6) is 1.59. The lowest BCUT2D eigenvalue weighted by molar-refractivity contribution is -0.121. The Balaban J connectivity index is 1.51. The Kier molecular flexibility index (Phi) is 6.95. The molecule has 3 N–H and O–H groups in total. The van der Waals surface area contributed by atoms with Crippen molar-refractivity contribution in [1.29, 1.82) is 0 Å². The van der Waals surface area contributed by atoms with Crippen LogP contribution in [0.1, 0.15) is 37.3 Å². The normalized spacial score (nSPS) is 15.8. The fraction of sp³-hybridized carbons (Fsp3) is 0.545. The van der Waals surface area contributed by atoms with Gasteiger partial charge in [0, 0.05) is 57.3 Å². The highest BCUT2D eigenvalue weighted by Crippen LogP contribution is 2.23. The van der Waals surface area contributed by atoms with Crippen LogP contribution in [-0.4, -0.2) is 55.5 Å². The zero-order chi connectivity index (χ0) is 19.9. The molecule has 0 spiro atoms. The van der Waals surface area contributed by atoms with E-state index in [0.29, 0.717) is 12.3 Å². The second-order valence-corrected chi connectivity index (χ2v) is 7.54. The molecule has 0 radical (unpaired) electrons. The van der Waals surface area contributed by atoms with Crippen LogP contribution in [0.2, 0.25) is 0 Å². The molecule has 0 aliphatic carbocycles. The van der Waals surface area contributed by atoms with Gasteiger partial charge in [-0.1, -0.05) is 25.1 Å². The highest BCUT2D eigenvalue weighted by molar-refractivity contribution is 5.86. The van der Waals surface area contributed by atoms with Crippen LogP contribution in [0.4, 0.5) is 0 Å². The van der Waals surface area contributed by atoms with Crippen LogP contribution >= 0.6 is 0 Å². The van der Waals surface area contributed by atoms with Gasteiger partial charge in [-0.15, -0.1) is 0 Å². The number of piperidine rings is 1. The van der Waals surface area contributed by atoms with Crippen LogP contribution in [0.5, 0.6) is 0 Å². The molecule has 3 rings (SSSR count). The minimum atomic E-state index is 0.144. The number of likely N-dealkylation sites (tertiary alicyclic amines) is 1. The van der Waals surface area contributed by atoms with Gasteiger partial charge in [0.15, 0.2) is 5.96 Å². The van der Waals surface area contributed by atoms with E-state index in [0.717, 1.165) is 51.3 Å². The molecule has 0 saturated carbocycles. The minimum absolute atomic E-state index is 0.144. The topological polar surface area (TPSA) is 72.5 Å². The van der Waals surface area contributed by atoms with Crippen LogP contribution in [0.25, 0.3) is 10.9 Å². The fourth-order valence-electron chi connectivity index (χ4n) is 4.13. The zero-order valence-electron chi connectivity index (χ0n) is 17.3. The first kappa shape index (κ1) is 20.2. The summed E-state index contributed by atoms with van der Waals surface area (Å²) in [4.78, 5) is 21.8. The number of nitrogens with one attached hydrogen (secondary N) is 3. The standard InChI is InChI=1S/C22H33N5O/c1-4-17-6-5-7-19-18(15-26-21(17)19)8-11-25-22(24-3)27-12-9-16(10-13-27)14-20(28)23-2/h5-7,15-16,26H,4,8-14H2,1-3H3,(H,23,28)(H,24,25). The van der Waals surface area contributed by atoms with Gasteiger partial charge < -0.3 is 20.5 Å². The molecule has 6 nitrogen and oxygen atoms in total. The minimum Gasteiger partial charge on any atom is -0.361 e. The van der Waals surface area contributed by atoms with Gasteiger partial charge in [-0.25, -0.2) is 0 Å². The van der Waals surface area contributed by atoms with Crippen molar-refractivity contribution in [2.24, 2.45) is 10.9 Å². The summed E-state index contributed by atoms with van der Waals surface area (Å²) in [5.41, 5.74) is 3.98. The number of rotatable bonds is 6. The molecular formula is C22H33N5O. The first-order valence-corrected chi connectivity index (χ1v) is 10.4. The Hall–Kier alpha value is -2.50. The number of guanidine groups is 1. The van der Waals surface area contributed by atoms with Gasteiger partial charge in [-0.3, -0.25) is 9.79 Å². The van der Waals surface area contributed by atoms with Gasteiger partial charge in [0.05, 0.1) is 0 Å². The number of aromatic nitrogens is 1. The molecule has 1 aliphatic rings. The van der Waals surface area contributed by atoms with Crippen molar-refractivity contribution in [2.45, 2.75) is 39.0 Å². The number of carbonyl (C=O) groups is 1. The molecule has 2 heterocycles. The second-order valence-electron chi connectivity index (χ2n) is 7.54. The van der Waals surface area contributed by atoms with E-state index in [9.17, 15) is 4.79 Å². The van der Waals surface area contributed by atoms with Crippen LogP contribution < -0.4 is 10.6 Å². The molecule has 0 bridgehead atoms. The second kappa shape index (κ2) is 9.62. The third-order valence-electron chi connectivity index (χ3n) is 5.82. The van der Waals surface area contributed by atoms with Gasteiger partial charge in [0.1, 0.15) is 0 Å². The molecule has 1 aliphatic heterocycles. The highest BCUT2D eigenvalue weighted by Gasteiger charge is 2.23. The van der Waals surface area contributed by atoms with Crippen molar-refractivity contribution in [3.05, 3.63) is 35.5 Å². The highest BCUT2D eigenvalue weighted by atomic mass is 16.1. The Morgan fingerprint density at radius 1 is 1.29 bits per heavy atom. The van der Waals surface area contributed by atoms with Gasteiger partial charge in [0.2, 0.25) is 5.91 Å². The molecule has 28 heavy (non-hydrogen) atoms. The third-order valence-corrected chi connectivity index (χ3v) is 5.82. The molecule has 152 valence electrons. The monoisotopic (exact) mass is 383 g/mol. The number of H-pyrrole nitrogens is 1. The zero-order valence-corrected chi connectivity index (χ0v) is 17.3. The van der Waals surface area contributed by atoms with Crippen molar-refractivity contribution in [1.82, 2.24) is 20.5 Å². The molecule has 1 aromatic heterocycles. The third kappa shape index (κ3) is 4.66. The van der Waals surface area contributed by atoms with Crippen LogP contribution in [-0.2, 0) is 17.6 Å². The largest absolute Gasteiger partial charge is 0.361 e. The summed E-state index contributed by atoms with van der Waals surface area (Å²) >= 11 is 0. The van der Waals surface area contributed by atoms with E-state index >= 15 is 0 Å². The molecule has 1 aromatic carbocycles. The van der Waals surface area contributed by atoms with Crippen LogP contribution in [0.3, 0.4) is 0 Å². The summed E-state index contributed by atoms with van der Waals surface area (Å²) in [7, 11) is 3.55. The fourth-order valence-corrected chi connectivity index (χ4v) is 4.13. The predicted molar refractivity (Wildman–Crippen MR) is 116 cm³/mol. The summed E-state index contributed by atoms with van der Waals surface area (Å²) in [5, 5.41) is 7.57. The average Bonchev–Trinajstić information content (AvgIpc) is 3.15. The van der Waals surface area contributed by atoms with E-state index < -0.39 is 0 Å². The van der Waals surface area contributed by atoms with Crippen molar-refractivity contribution in [2.75, 3.05) is 33.7 Å². The lowest BCUT2D eigenvalue weighted by Crippen LogP contribution is -2.46. The molecule has 1 fully saturated rings. The molecule has 0 unspecified atom stereocenters. The summed E-state index contributed by atoms with van der Waals surface area (Å²) < 4.78 is 0. The van der Waals surface area contributed by atoms with Crippen LogP contribution in [0, 0.1) is 5.92 Å². The number of hydrogen-bond donors (Lipinski definition) is 3. The van der Waals surface area contributed by atoms with E-state index in [2.05, 4.69) is 56.8 Å². The van der Waals surface area contributed by atoms with Gasteiger partial charge in [0.25, 0.3) is 0 Å². The number of amides is 1. The predicted octanol–water partition coefficient (Wildman–Crippen LogP) is 2.70. The molecule has 1 saturated heterocycles. The van der Waals surface area contributed by atoms with E-state index in [-0.39, 0.29) is 5.91 Å². The lowest BCUT2D eigenvalue weighted by atomic mass is 9.93. The van der Waals surface area contributed by atoms with Gasteiger partial charge >= 0.3 is 0 Å². The number of benzene rings is 1. The summed E-state index contributed by atoms with van der Waals surface area (Å²) in [6, 6.07) is 6.54. The number of hydrogen-bond acceptors (Lipinski definition) is 2. The Morgan fingerprint density at radius 3 is 2.75 bits per heavy atom. The lowest BCUT2D eigenvalue weighted by Gasteiger charge is -2.34. The van der Waals surface area contributed by atoms with Crippen molar-refractivity contribution < 1.29 is 4.79 Å². The van der Waals surface area contributed by atoms with E-state index in [1.165, 1.54) is 22.0 Å². The molecule has 6 heteroatoms. The van der Waals surface area contributed by atoms with Gasteiger partial charge in [-0.2, -0.15) is 0 Å². The van der Waals surface area contributed by atoms with E-state index in [1.807, 2.05) is 7.05 Å². The Morgan fingerprint density at radius 2 is 2.07 bits per heavy atom. The number of aromatic amines is 1. The number of nitrogens with zero attached hydrogens (tertiary/aromatic N) is 2. The number of aryl methyl sites for hydroxylation is 1. The smallest absolute Gasteiger partial charge is 0.220 e. The van der Waals surface area contributed by atoms with Crippen LogP contribution in [0.15, 0.2) is 29.4 Å². The molecule has 2 aromatic rings. The number of carbonyl (C=O) groups excluding carboxylic acids is 1. The van der Waals surface area contributed by atoms with Crippen molar-refractivity contribution in [3.8, 4) is 0 Å².